The Bertz CT molecular complexity index is 420. The van der Waals surface area contributed by atoms with Crippen LogP contribution in [0.15, 0.2) is 35.8 Å². The van der Waals surface area contributed by atoms with Gasteiger partial charge >= 0.3 is 0 Å². The highest BCUT2D eigenvalue weighted by Gasteiger charge is 1.99. The van der Waals surface area contributed by atoms with Crippen LogP contribution >= 0.6 is 11.3 Å². The smallest absolute Gasteiger partial charge is 0.123 e. The monoisotopic (exact) mass is 246 g/mol. The molecular formula is C14H18N2S. The molecule has 1 aromatic heterocycles. The third kappa shape index (κ3) is 3.56. The van der Waals surface area contributed by atoms with Crippen molar-refractivity contribution in [2.45, 2.75) is 26.2 Å². The lowest BCUT2D eigenvalue weighted by Crippen LogP contribution is -2.00. The molecule has 0 saturated heterocycles. The third-order valence-corrected chi connectivity index (χ3v) is 3.50. The van der Waals surface area contributed by atoms with Gasteiger partial charge in [0.25, 0.3) is 0 Å². The molecule has 3 heteroatoms. The molecule has 0 spiro atoms. The normalized spacial score (nSPS) is 10.4. The van der Waals surface area contributed by atoms with Crippen LogP contribution in [0.1, 0.15) is 26.2 Å². The molecule has 90 valence electrons. The number of unbranched alkanes of at least 4 members (excludes halogenated alkanes) is 2. The van der Waals surface area contributed by atoms with Gasteiger partial charge in [-0.2, -0.15) is 0 Å². The molecule has 0 saturated carbocycles. The van der Waals surface area contributed by atoms with Crippen molar-refractivity contribution >= 4 is 17.0 Å². The van der Waals surface area contributed by atoms with Gasteiger partial charge in [-0.15, -0.1) is 11.3 Å². The van der Waals surface area contributed by atoms with Gasteiger partial charge in [0.2, 0.25) is 0 Å². The van der Waals surface area contributed by atoms with E-state index >= 15 is 0 Å². The molecule has 1 N–H and O–H groups in total. The van der Waals surface area contributed by atoms with Crippen LogP contribution in [-0.4, -0.2) is 11.5 Å². The maximum Gasteiger partial charge on any atom is 0.123 e. The lowest BCUT2D eigenvalue weighted by molar-refractivity contribution is 0.744. The zero-order valence-corrected chi connectivity index (χ0v) is 11.0. The maximum absolute atomic E-state index is 4.30. The summed E-state index contributed by atoms with van der Waals surface area (Å²) in [5, 5.41) is 6.53. The fourth-order valence-electron chi connectivity index (χ4n) is 1.70. The summed E-state index contributed by atoms with van der Waals surface area (Å²) in [4.78, 5) is 4.30. The molecule has 1 aromatic carbocycles. The summed E-state index contributed by atoms with van der Waals surface area (Å²) in [6.07, 6.45) is 5.65. The Labute approximate surface area is 107 Å². The molecule has 17 heavy (non-hydrogen) atoms. The van der Waals surface area contributed by atoms with Gasteiger partial charge in [-0.05, 0) is 30.7 Å². The van der Waals surface area contributed by atoms with E-state index in [1.165, 1.54) is 30.5 Å². The van der Waals surface area contributed by atoms with E-state index in [0.29, 0.717) is 0 Å². The summed E-state index contributed by atoms with van der Waals surface area (Å²) in [7, 11) is 0. The Morgan fingerprint density at radius 1 is 1.18 bits per heavy atom. The first-order valence-corrected chi connectivity index (χ1v) is 7.02. The number of nitrogens with zero attached hydrogens (tertiary/aromatic N) is 1. The Kier molecular flexibility index (Phi) is 4.56. The third-order valence-electron chi connectivity index (χ3n) is 2.67. The van der Waals surface area contributed by atoms with Gasteiger partial charge in [-0.25, -0.2) is 4.98 Å². The average Bonchev–Trinajstić information content (AvgIpc) is 2.89. The quantitative estimate of drug-likeness (QED) is 0.763. The van der Waals surface area contributed by atoms with Crippen molar-refractivity contribution < 1.29 is 0 Å². The van der Waals surface area contributed by atoms with Gasteiger partial charge in [0.1, 0.15) is 5.01 Å². The number of thiazole rings is 1. The van der Waals surface area contributed by atoms with Gasteiger partial charge in [0.15, 0.2) is 0 Å². The van der Waals surface area contributed by atoms with Gasteiger partial charge < -0.3 is 5.32 Å². The van der Waals surface area contributed by atoms with Crippen molar-refractivity contribution in [2.75, 3.05) is 11.9 Å². The van der Waals surface area contributed by atoms with Crippen molar-refractivity contribution in [1.82, 2.24) is 4.98 Å². The number of aromatic nitrogens is 1. The van der Waals surface area contributed by atoms with Gasteiger partial charge in [0.05, 0.1) is 0 Å². The van der Waals surface area contributed by atoms with E-state index in [9.17, 15) is 0 Å². The highest BCUT2D eigenvalue weighted by molar-refractivity contribution is 7.13. The first-order chi connectivity index (χ1) is 8.40. The summed E-state index contributed by atoms with van der Waals surface area (Å²) >= 11 is 1.67. The van der Waals surface area contributed by atoms with Crippen LogP contribution in [0, 0.1) is 0 Å². The van der Waals surface area contributed by atoms with Crippen molar-refractivity contribution in [1.29, 1.82) is 0 Å². The summed E-state index contributed by atoms with van der Waals surface area (Å²) < 4.78 is 0. The molecular weight excluding hydrogens is 228 g/mol. The largest absolute Gasteiger partial charge is 0.385 e. The minimum atomic E-state index is 1.06. The number of anilines is 1. The molecule has 0 atom stereocenters. The van der Waals surface area contributed by atoms with Crippen LogP contribution in [0.25, 0.3) is 10.6 Å². The summed E-state index contributed by atoms with van der Waals surface area (Å²) in [6.45, 7) is 3.28. The molecule has 0 aliphatic rings. The zero-order valence-electron chi connectivity index (χ0n) is 10.1. The fraction of sp³-hybridized carbons (Fsp3) is 0.357. The van der Waals surface area contributed by atoms with Gasteiger partial charge in [-0.3, -0.25) is 0 Å². The van der Waals surface area contributed by atoms with E-state index in [1.807, 2.05) is 11.6 Å². The van der Waals surface area contributed by atoms with Crippen molar-refractivity contribution in [3.05, 3.63) is 35.8 Å². The minimum absolute atomic E-state index is 1.06. The topological polar surface area (TPSA) is 24.9 Å². The van der Waals surface area contributed by atoms with E-state index in [0.717, 1.165) is 11.6 Å². The van der Waals surface area contributed by atoms with Crippen molar-refractivity contribution in [3.63, 3.8) is 0 Å². The first kappa shape index (κ1) is 12.1. The Morgan fingerprint density at radius 2 is 2.00 bits per heavy atom. The van der Waals surface area contributed by atoms with Crippen LogP contribution in [0.4, 0.5) is 5.69 Å². The number of hydrogen-bond donors (Lipinski definition) is 1. The Morgan fingerprint density at radius 3 is 2.65 bits per heavy atom. The zero-order chi connectivity index (χ0) is 11.9. The molecule has 2 nitrogen and oxygen atoms in total. The lowest BCUT2D eigenvalue weighted by Gasteiger charge is -2.06. The van der Waals surface area contributed by atoms with Crippen molar-refractivity contribution in [3.8, 4) is 10.6 Å². The predicted molar refractivity (Wildman–Crippen MR) is 75.6 cm³/mol. The maximum atomic E-state index is 4.30. The molecule has 2 aromatic rings. The second kappa shape index (κ2) is 6.40. The Balaban J connectivity index is 1.90. The Hall–Kier alpha value is -1.35. The first-order valence-electron chi connectivity index (χ1n) is 6.14. The number of benzene rings is 1. The second-order valence-corrected chi connectivity index (χ2v) is 4.94. The number of rotatable bonds is 6. The summed E-state index contributed by atoms with van der Waals surface area (Å²) in [5.74, 6) is 0. The standard InChI is InChI=1S/C14H18N2S/c1-2-3-4-9-15-13-7-5-12(6-8-13)14-16-10-11-17-14/h5-8,10-11,15H,2-4,9H2,1H3. The van der Waals surface area contributed by atoms with Gasteiger partial charge in [0, 0.05) is 29.4 Å². The molecule has 2 rings (SSSR count). The van der Waals surface area contributed by atoms with E-state index in [1.54, 1.807) is 11.3 Å². The molecule has 1 heterocycles. The SMILES string of the molecule is CCCCCNc1ccc(-c2nccs2)cc1. The molecule has 0 amide bonds. The molecule has 0 aliphatic carbocycles. The predicted octanol–water partition coefficient (Wildman–Crippen LogP) is 4.41. The van der Waals surface area contributed by atoms with E-state index in [4.69, 9.17) is 0 Å². The molecule has 0 unspecified atom stereocenters. The lowest BCUT2D eigenvalue weighted by atomic mass is 10.2. The fourth-order valence-corrected chi connectivity index (χ4v) is 2.35. The average molecular weight is 246 g/mol. The van der Waals surface area contributed by atoms with Crippen LogP contribution < -0.4 is 5.32 Å². The van der Waals surface area contributed by atoms with E-state index in [2.05, 4.69) is 41.5 Å². The summed E-state index contributed by atoms with van der Waals surface area (Å²) in [6, 6.07) is 8.51. The second-order valence-electron chi connectivity index (χ2n) is 4.05. The number of hydrogen-bond acceptors (Lipinski definition) is 3. The van der Waals surface area contributed by atoms with Crippen LogP contribution in [-0.2, 0) is 0 Å². The number of nitrogens with one attached hydrogen (secondary N) is 1. The highest BCUT2D eigenvalue weighted by atomic mass is 32.1. The van der Waals surface area contributed by atoms with E-state index in [-0.39, 0.29) is 0 Å². The van der Waals surface area contributed by atoms with Crippen LogP contribution in [0.3, 0.4) is 0 Å². The van der Waals surface area contributed by atoms with E-state index < -0.39 is 0 Å². The summed E-state index contributed by atoms with van der Waals surface area (Å²) in [5.41, 5.74) is 2.39. The highest BCUT2D eigenvalue weighted by Crippen LogP contribution is 2.23. The van der Waals surface area contributed by atoms with Gasteiger partial charge in [-0.1, -0.05) is 19.8 Å². The molecule has 0 radical (unpaired) electrons. The van der Waals surface area contributed by atoms with Crippen LogP contribution in [0.2, 0.25) is 0 Å². The van der Waals surface area contributed by atoms with Crippen LogP contribution in [0.5, 0.6) is 0 Å². The molecule has 0 bridgehead atoms. The molecule has 0 fully saturated rings. The van der Waals surface area contributed by atoms with Crippen molar-refractivity contribution in [2.24, 2.45) is 0 Å². The molecule has 0 aliphatic heterocycles. The minimum Gasteiger partial charge on any atom is -0.385 e.